The van der Waals surface area contributed by atoms with Crippen LogP contribution < -0.4 is 5.32 Å². The Kier molecular flexibility index (Phi) is 6.55. The Morgan fingerprint density at radius 2 is 2.40 bits per heavy atom. The summed E-state index contributed by atoms with van der Waals surface area (Å²) in [7, 11) is 0. The lowest BCUT2D eigenvalue weighted by Gasteiger charge is -2.08. The Balaban J connectivity index is 2.95. The van der Waals surface area contributed by atoms with Crippen LogP contribution in [0.3, 0.4) is 0 Å². The lowest BCUT2D eigenvalue weighted by Crippen LogP contribution is -2.29. The lowest BCUT2D eigenvalue weighted by atomic mass is 10.3. The number of unbranched alkanes of at least 4 members (excludes halogenated alkanes) is 1. The molecule has 0 aromatic carbocycles. The number of rotatable bonds is 6. The zero-order valence-corrected chi connectivity index (χ0v) is 6.64. The Morgan fingerprint density at radius 1 is 1.70 bits per heavy atom. The van der Waals surface area contributed by atoms with E-state index in [0.717, 1.165) is 19.4 Å². The van der Waals surface area contributed by atoms with Gasteiger partial charge >= 0.3 is 0 Å². The minimum Gasteiger partial charge on any atom is -0.395 e. The fourth-order valence-electron chi connectivity index (χ4n) is 0.659. The van der Waals surface area contributed by atoms with Gasteiger partial charge in [-0.1, -0.05) is 6.08 Å². The number of hydrogen-bond acceptors (Lipinski definition) is 2. The van der Waals surface area contributed by atoms with Gasteiger partial charge in [-0.15, -0.1) is 6.58 Å². The SMILES string of the molecule is C=CCCCNC(C)CO. The molecule has 0 rings (SSSR count). The maximum atomic E-state index is 8.61. The molecule has 0 heterocycles. The van der Waals surface area contributed by atoms with Crippen molar-refractivity contribution in [3.8, 4) is 0 Å². The van der Waals surface area contributed by atoms with Gasteiger partial charge in [-0.05, 0) is 26.3 Å². The summed E-state index contributed by atoms with van der Waals surface area (Å²) >= 11 is 0. The monoisotopic (exact) mass is 143 g/mol. The van der Waals surface area contributed by atoms with Crippen molar-refractivity contribution in [2.45, 2.75) is 25.8 Å². The van der Waals surface area contributed by atoms with Gasteiger partial charge in [0.2, 0.25) is 0 Å². The molecule has 0 aliphatic rings. The lowest BCUT2D eigenvalue weighted by molar-refractivity contribution is 0.252. The highest BCUT2D eigenvalue weighted by Gasteiger charge is 1.94. The largest absolute Gasteiger partial charge is 0.395 e. The number of aliphatic hydroxyl groups is 1. The quantitative estimate of drug-likeness (QED) is 0.428. The first-order valence-corrected chi connectivity index (χ1v) is 3.76. The predicted molar refractivity (Wildman–Crippen MR) is 44.0 cm³/mol. The molecule has 2 nitrogen and oxygen atoms in total. The fourth-order valence-corrected chi connectivity index (χ4v) is 0.659. The van der Waals surface area contributed by atoms with E-state index in [1.165, 1.54) is 0 Å². The third kappa shape index (κ3) is 5.79. The molecular weight excluding hydrogens is 126 g/mol. The zero-order chi connectivity index (χ0) is 7.82. The highest BCUT2D eigenvalue weighted by atomic mass is 16.3. The minimum absolute atomic E-state index is 0.216. The van der Waals surface area contributed by atoms with Gasteiger partial charge in [0.05, 0.1) is 6.61 Å². The van der Waals surface area contributed by atoms with E-state index in [2.05, 4.69) is 11.9 Å². The molecule has 10 heavy (non-hydrogen) atoms. The molecule has 0 aliphatic heterocycles. The summed E-state index contributed by atoms with van der Waals surface area (Å²) in [5.41, 5.74) is 0. The smallest absolute Gasteiger partial charge is 0.0581 e. The molecule has 60 valence electrons. The van der Waals surface area contributed by atoms with Crippen molar-refractivity contribution in [1.29, 1.82) is 0 Å². The molecule has 2 N–H and O–H groups in total. The molecule has 1 unspecified atom stereocenters. The number of aliphatic hydroxyl groups excluding tert-OH is 1. The standard InChI is InChI=1S/C8H17NO/c1-3-4-5-6-9-8(2)7-10/h3,8-10H,1,4-7H2,2H3. The van der Waals surface area contributed by atoms with Crippen molar-refractivity contribution in [3.05, 3.63) is 12.7 Å². The van der Waals surface area contributed by atoms with E-state index >= 15 is 0 Å². The summed E-state index contributed by atoms with van der Waals surface area (Å²) in [6.45, 7) is 6.77. The van der Waals surface area contributed by atoms with Crippen LogP contribution in [0.15, 0.2) is 12.7 Å². The maximum absolute atomic E-state index is 8.61. The van der Waals surface area contributed by atoms with Gasteiger partial charge in [-0.25, -0.2) is 0 Å². The Morgan fingerprint density at radius 3 is 2.90 bits per heavy atom. The van der Waals surface area contributed by atoms with Gasteiger partial charge in [0.25, 0.3) is 0 Å². The van der Waals surface area contributed by atoms with Crippen LogP contribution in [0, 0.1) is 0 Å². The molecule has 0 fully saturated rings. The predicted octanol–water partition coefficient (Wildman–Crippen LogP) is 0.923. The van der Waals surface area contributed by atoms with Crippen molar-refractivity contribution >= 4 is 0 Å². The molecule has 1 atom stereocenters. The average Bonchev–Trinajstić information content (AvgIpc) is 1.98. The van der Waals surface area contributed by atoms with E-state index in [9.17, 15) is 0 Å². The third-order valence-electron chi connectivity index (χ3n) is 1.35. The van der Waals surface area contributed by atoms with Crippen LogP contribution in [0.5, 0.6) is 0 Å². The molecule has 0 aromatic rings. The normalized spacial score (nSPS) is 13.0. The van der Waals surface area contributed by atoms with Gasteiger partial charge in [0.15, 0.2) is 0 Å². The van der Waals surface area contributed by atoms with E-state index < -0.39 is 0 Å². The van der Waals surface area contributed by atoms with Crippen molar-refractivity contribution in [2.75, 3.05) is 13.2 Å². The summed E-state index contributed by atoms with van der Waals surface area (Å²) < 4.78 is 0. The van der Waals surface area contributed by atoms with Crippen LogP contribution in [-0.2, 0) is 0 Å². The van der Waals surface area contributed by atoms with E-state index in [1.54, 1.807) is 0 Å². The molecule has 0 radical (unpaired) electrons. The second-order valence-electron chi connectivity index (χ2n) is 2.47. The maximum Gasteiger partial charge on any atom is 0.0581 e. The second-order valence-corrected chi connectivity index (χ2v) is 2.47. The molecule has 2 heteroatoms. The van der Waals surface area contributed by atoms with Gasteiger partial charge in [0, 0.05) is 6.04 Å². The molecule has 0 saturated carbocycles. The fraction of sp³-hybridized carbons (Fsp3) is 0.750. The summed E-state index contributed by atoms with van der Waals surface area (Å²) in [6, 6.07) is 0.227. The highest BCUT2D eigenvalue weighted by Crippen LogP contribution is 1.87. The molecule has 0 bridgehead atoms. The van der Waals surface area contributed by atoms with Crippen LogP contribution in [0.1, 0.15) is 19.8 Å². The van der Waals surface area contributed by atoms with E-state index in [-0.39, 0.29) is 12.6 Å². The van der Waals surface area contributed by atoms with Crippen LogP contribution >= 0.6 is 0 Å². The summed E-state index contributed by atoms with van der Waals surface area (Å²) in [5.74, 6) is 0. The van der Waals surface area contributed by atoms with Gasteiger partial charge in [0.1, 0.15) is 0 Å². The second kappa shape index (κ2) is 6.78. The summed E-state index contributed by atoms with van der Waals surface area (Å²) in [5, 5.41) is 11.8. The van der Waals surface area contributed by atoms with Crippen LogP contribution in [0.25, 0.3) is 0 Å². The van der Waals surface area contributed by atoms with Crippen molar-refractivity contribution in [2.24, 2.45) is 0 Å². The molecule has 0 aromatic heterocycles. The highest BCUT2D eigenvalue weighted by molar-refractivity contribution is 4.67. The molecule has 0 amide bonds. The van der Waals surface area contributed by atoms with E-state index in [0.29, 0.717) is 0 Å². The first-order valence-electron chi connectivity index (χ1n) is 3.76. The molecular formula is C8H17NO. The number of allylic oxidation sites excluding steroid dienone is 1. The van der Waals surface area contributed by atoms with Gasteiger partial charge in [-0.2, -0.15) is 0 Å². The zero-order valence-electron chi connectivity index (χ0n) is 6.64. The van der Waals surface area contributed by atoms with Gasteiger partial charge < -0.3 is 10.4 Å². The number of nitrogens with one attached hydrogen (secondary N) is 1. The molecule has 0 spiro atoms. The first kappa shape index (κ1) is 9.66. The van der Waals surface area contributed by atoms with Crippen molar-refractivity contribution < 1.29 is 5.11 Å². The molecule has 0 aliphatic carbocycles. The third-order valence-corrected chi connectivity index (χ3v) is 1.35. The average molecular weight is 143 g/mol. The van der Waals surface area contributed by atoms with Crippen LogP contribution in [0.2, 0.25) is 0 Å². The van der Waals surface area contributed by atoms with Crippen molar-refractivity contribution in [1.82, 2.24) is 5.32 Å². The Hall–Kier alpha value is -0.340. The van der Waals surface area contributed by atoms with E-state index in [4.69, 9.17) is 5.11 Å². The topological polar surface area (TPSA) is 32.3 Å². The summed E-state index contributed by atoms with van der Waals surface area (Å²) in [4.78, 5) is 0. The Labute approximate surface area is 62.9 Å². The minimum atomic E-state index is 0.216. The number of hydrogen-bond donors (Lipinski definition) is 2. The van der Waals surface area contributed by atoms with Crippen molar-refractivity contribution in [3.63, 3.8) is 0 Å². The first-order chi connectivity index (χ1) is 4.81. The van der Waals surface area contributed by atoms with E-state index in [1.807, 2.05) is 13.0 Å². The summed E-state index contributed by atoms with van der Waals surface area (Å²) in [6.07, 6.45) is 4.06. The Bertz CT molecular complexity index is 83.3. The molecule has 0 saturated heterocycles. The van der Waals surface area contributed by atoms with Crippen LogP contribution in [0.4, 0.5) is 0 Å². The van der Waals surface area contributed by atoms with Crippen LogP contribution in [-0.4, -0.2) is 24.3 Å². The van der Waals surface area contributed by atoms with Gasteiger partial charge in [-0.3, -0.25) is 0 Å².